The Bertz CT molecular complexity index is 352. The third kappa shape index (κ3) is 5.50. The number of rotatable bonds is 5. The lowest BCUT2D eigenvalue weighted by Crippen LogP contribution is -2.41. The molecule has 1 aliphatic rings. The molecule has 0 aromatic rings. The fourth-order valence-corrected chi connectivity index (χ4v) is 2.60. The van der Waals surface area contributed by atoms with E-state index >= 15 is 0 Å². The summed E-state index contributed by atoms with van der Waals surface area (Å²) >= 11 is 0. The summed E-state index contributed by atoms with van der Waals surface area (Å²) in [5.74, 6) is -0.0949. The Morgan fingerprint density at radius 1 is 1.47 bits per heavy atom. The predicted octanol–water partition coefficient (Wildman–Crippen LogP) is 0.306. The summed E-state index contributed by atoms with van der Waals surface area (Å²) in [6, 6.07) is 0. The molecule has 1 saturated heterocycles. The van der Waals surface area contributed by atoms with Crippen LogP contribution in [0.25, 0.3) is 0 Å². The minimum atomic E-state index is -2.93. The standard InChI is InChI=1S/C11H21NO4S/c1-3-16-11(13)10-5-4-6-12(9-10)7-8-17(2,14)15/h10H,3-9H2,1-2H3/t10-/m0/s1. The number of esters is 1. The minimum Gasteiger partial charge on any atom is -0.466 e. The third-order valence-electron chi connectivity index (χ3n) is 2.90. The van der Waals surface area contributed by atoms with E-state index in [1.165, 1.54) is 6.26 Å². The molecule has 1 heterocycles. The van der Waals surface area contributed by atoms with E-state index in [4.69, 9.17) is 4.74 Å². The fraction of sp³-hybridized carbons (Fsp3) is 0.909. The summed E-state index contributed by atoms with van der Waals surface area (Å²) in [5, 5.41) is 0. The number of carbonyl (C=O) groups is 1. The molecule has 0 saturated carbocycles. The molecule has 1 atom stereocenters. The van der Waals surface area contributed by atoms with Crippen molar-refractivity contribution in [2.24, 2.45) is 5.92 Å². The number of nitrogens with zero attached hydrogens (tertiary/aromatic N) is 1. The molecular formula is C11H21NO4S. The van der Waals surface area contributed by atoms with Crippen molar-refractivity contribution in [3.8, 4) is 0 Å². The summed E-state index contributed by atoms with van der Waals surface area (Å²) < 4.78 is 27.1. The summed E-state index contributed by atoms with van der Waals surface area (Å²) in [7, 11) is -2.93. The van der Waals surface area contributed by atoms with Crippen LogP contribution in [0.3, 0.4) is 0 Å². The van der Waals surface area contributed by atoms with Crippen LogP contribution in [0.2, 0.25) is 0 Å². The molecule has 5 nitrogen and oxygen atoms in total. The second kappa shape index (κ2) is 6.35. The molecule has 0 radical (unpaired) electrons. The zero-order valence-corrected chi connectivity index (χ0v) is 11.3. The molecule has 0 unspecified atom stereocenters. The normalized spacial score (nSPS) is 22.4. The largest absolute Gasteiger partial charge is 0.466 e. The van der Waals surface area contributed by atoms with Crippen LogP contribution < -0.4 is 0 Å². The number of sulfone groups is 1. The molecule has 0 spiro atoms. The van der Waals surface area contributed by atoms with Crippen molar-refractivity contribution in [1.29, 1.82) is 0 Å². The Kier molecular flexibility index (Phi) is 5.39. The van der Waals surface area contributed by atoms with Gasteiger partial charge in [0.2, 0.25) is 0 Å². The first-order valence-corrected chi connectivity index (χ1v) is 8.05. The molecule has 0 aliphatic carbocycles. The lowest BCUT2D eigenvalue weighted by Gasteiger charge is -2.31. The average Bonchev–Trinajstić information content (AvgIpc) is 2.26. The van der Waals surface area contributed by atoms with Crippen molar-refractivity contribution >= 4 is 15.8 Å². The lowest BCUT2D eigenvalue weighted by atomic mass is 9.98. The van der Waals surface area contributed by atoms with Crippen LogP contribution in [-0.4, -0.2) is 57.5 Å². The van der Waals surface area contributed by atoms with Gasteiger partial charge in [0.25, 0.3) is 0 Å². The first-order valence-electron chi connectivity index (χ1n) is 5.99. The minimum absolute atomic E-state index is 0.0942. The van der Waals surface area contributed by atoms with Gasteiger partial charge in [-0.2, -0.15) is 0 Å². The maximum absolute atomic E-state index is 11.6. The highest BCUT2D eigenvalue weighted by molar-refractivity contribution is 7.90. The smallest absolute Gasteiger partial charge is 0.310 e. The molecule has 17 heavy (non-hydrogen) atoms. The van der Waals surface area contributed by atoms with Crippen LogP contribution in [0.5, 0.6) is 0 Å². The Morgan fingerprint density at radius 2 is 2.18 bits per heavy atom. The van der Waals surface area contributed by atoms with Crippen LogP contribution in [-0.2, 0) is 19.4 Å². The molecule has 0 bridgehead atoms. The molecular weight excluding hydrogens is 242 g/mol. The van der Waals surface area contributed by atoms with Crippen LogP contribution >= 0.6 is 0 Å². The Hall–Kier alpha value is -0.620. The van der Waals surface area contributed by atoms with Crippen LogP contribution in [0.15, 0.2) is 0 Å². The second-order valence-electron chi connectivity index (χ2n) is 4.52. The maximum atomic E-state index is 11.6. The van der Waals surface area contributed by atoms with Gasteiger partial charge in [0.15, 0.2) is 0 Å². The van der Waals surface area contributed by atoms with E-state index in [0.29, 0.717) is 19.7 Å². The molecule has 0 amide bonds. The quantitative estimate of drug-likeness (QED) is 0.668. The molecule has 0 N–H and O–H groups in total. The first-order chi connectivity index (χ1) is 7.92. The van der Waals surface area contributed by atoms with Gasteiger partial charge < -0.3 is 9.64 Å². The highest BCUT2D eigenvalue weighted by Crippen LogP contribution is 2.17. The maximum Gasteiger partial charge on any atom is 0.310 e. The average molecular weight is 263 g/mol. The molecule has 6 heteroatoms. The van der Waals surface area contributed by atoms with E-state index in [1.54, 1.807) is 6.92 Å². The molecule has 1 fully saturated rings. The highest BCUT2D eigenvalue weighted by atomic mass is 32.2. The van der Waals surface area contributed by atoms with E-state index in [0.717, 1.165) is 19.4 Å². The summed E-state index contributed by atoms with van der Waals surface area (Å²) in [4.78, 5) is 13.6. The predicted molar refractivity (Wildman–Crippen MR) is 65.5 cm³/mol. The molecule has 0 aromatic heterocycles. The van der Waals surface area contributed by atoms with Gasteiger partial charge in [-0.05, 0) is 26.3 Å². The van der Waals surface area contributed by atoms with Crippen molar-refractivity contribution in [3.05, 3.63) is 0 Å². The van der Waals surface area contributed by atoms with E-state index in [1.807, 2.05) is 4.90 Å². The Morgan fingerprint density at radius 3 is 2.76 bits per heavy atom. The molecule has 1 rings (SSSR count). The van der Waals surface area contributed by atoms with Crippen LogP contribution in [0.4, 0.5) is 0 Å². The zero-order valence-electron chi connectivity index (χ0n) is 10.5. The van der Waals surface area contributed by atoms with Crippen molar-refractivity contribution < 1.29 is 17.9 Å². The van der Waals surface area contributed by atoms with Gasteiger partial charge in [-0.3, -0.25) is 4.79 Å². The summed E-state index contributed by atoms with van der Waals surface area (Å²) in [6.45, 7) is 4.19. The molecule has 0 aromatic carbocycles. The number of piperidine rings is 1. The van der Waals surface area contributed by atoms with Gasteiger partial charge in [0.1, 0.15) is 9.84 Å². The highest BCUT2D eigenvalue weighted by Gasteiger charge is 2.26. The van der Waals surface area contributed by atoms with Gasteiger partial charge in [0.05, 0.1) is 18.3 Å². The van der Waals surface area contributed by atoms with Crippen molar-refractivity contribution in [1.82, 2.24) is 4.90 Å². The topological polar surface area (TPSA) is 63.7 Å². The van der Waals surface area contributed by atoms with Gasteiger partial charge in [-0.1, -0.05) is 0 Å². The molecule has 1 aliphatic heterocycles. The van der Waals surface area contributed by atoms with Gasteiger partial charge in [-0.25, -0.2) is 8.42 Å². The monoisotopic (exact) mass is 263 g/mol. The summed E-state index contributed by atoms with van der Waals surface area (Å²) in [6.07, 6.45) is 3.00. The lowest BCUT2D eigenvalue weighted by molar-refractivity contribution is -0.149. The van der Waals surface area contributed by atoms with Gasteiger partial charge >= 0.3 is 5.97 Å². The van der Waals surface area contributed by atoms with E-state index in [9.17, 15) is 13.2 Å². The van der Waals surface area contributed by atoms with E-state index < -0.39 is 9.84 Å². The number of ether oxygens (including phenoxy) is 1. The van der Waals surface area contributed by atoms with Crippen LogP contribution in [0.1, 0.15) is 19.8 Å². The summed E-state index contributed by atoms with van der Waals surface area (Å²) in [5.41, 5.74) is 0. The number of carbonyl (C=O) groups excluding carboxylic acids is 1. The third-order valence-corrected chi connectivity index (χ3v) is 3.83. The van der Waals surface area contributed by atoms with Crippen molar-refractivity contribution in [2.45, 2.75) is 19.8 Å². The second-order valence-corrected chi connectivity index (χ2v) is 6.78. The van der Waals surface area contributed by atoms with Crippen molar-refractivity contribution in [3.63, 3.8) is 0 Å². The first kappa shape index (κ1) is 14.4. The Balaban J connectivity index is 2.41. The van der Waals surface area contributed by atoms with E-state index in [-0.39, 0.29) is 17.6 Å². The number of likely N-dealkylation sites (tertiary alicyclic amines) is 1. The zero-order chi connectivity index (χ0) is 12.9. The van der Waals surface area contributed by atoms with Crippen molar-refractivity contribution in [2.75, 3.05) is 38.2 Å². The SMILES string of the molecule is CCOC(=O)[C@H]1CCCN(CCS(C)(=O)=O)C1. The number of hydrogen-bond donors (Lipinski definition) is 0. The Labute approximate surface area is 103 Å². The number of hydrogen-bond acceptors (Lipinski definition) is 5. The van der Waals surface area contributed by atoms with Gasteiger partial charge in [-0.15, -0.1) is 0 Å². The molecule has 100 valence electrons. The van der Waals surface area contributed by atoms with Gasteiger partial charge in [0, 0.05) is 19.3 Å². The van der Waals surface area contributed by atoms with E-state index in [2.05, 4.69) is 0 Å². The fourth-order valence-electron chi connectivity index (χ4n) is 2.01. The van der Waals surface area contributed by atoms with Crippen LogP contribution in [0, 0.1) is 5.92 Å².